The van der Waals surface area contributed by atoms with Crippen molar-refractivity contribution >= 4 is 5.91 Å². The molecule has 3 nitrogen and oxygen atoms in total. The summed E-state index contributed by atoms with van der Waals surface area (Å²) in [5, 5.41) is 2.81. The predicted octanol–water partition coefficient (Wildman–Crippen LogP) is 2.15. The van der Waals surface area contributed by atoms with Gasteiger partial charge in [-0.1, -0.05) is 32.0 Å². The number of carbonyl (C=O) groups excluding carboxylic acids is 1. The molecule has 1 amide bonds. The Bertz CT molecular complexity index is 348. The number of hydrogen-bond donors (Lipinski definition) is 1. The van der Waals surface area contributed by atoms with Crippen LogP contribution in [-0.2, 0) is 4.79 Å². The van der Waals surface area contributed by atoms with E-state index in [4.69, 9.17) is 4.74 Å². The Kier molecular flexibility index (Phi) is 4.83. The van der Waals surface area contributed by atoms with Gasteiger partial charge < -0.3 is 10.1 Å². The minimum absolute atomic E-state index is 0.0723. The lowest BCUT2D eigenvalue weighted by molar-refractivity contribution is -0.123. The first-order valence-electron chi connectivity index (χ1n) is 5.54. The van der Waals surface area contributed by atoms with E-state index in [1.54, 1.807) is 0 Å². The number of rotatable bonds is 5. The lowest BCUT2D eigenvalue weighted by Crippen LogP contribution is -2.31. The lowest BCUT2D eigenvalue weighted by atomic mass is 10.2. The van der Waals surface area contributed by atoms with Crippen LogP contribution in [0.25, 0.3) is 0 Å². The van der Waals surface area contributed by atoms with Crippen molar-refractivity contribution in [2.75, 3.05) is 13.2 Å². The average Bonchev–Trinajstić information content (AvgIpc) is 2.25. The van der Waals surface area contributed by atoms with Crippen molar-refractivity contribution in [3.63, 3.8) is 0 Å². The van der Waals surface area contributed by atoms with E-state index in [1.165, 1.54) is 0 Å². The number of para-hydroxylation sites is 1. The molecule has 88 valence electrons. The van der Waals surface area contributed by atoms with Crippen molar-refractivity contribution in [1.29, 1.82) is 0 Å². The number of aryl methyl sites for hydroxylation is 1. The Morgan fingerprint density at radius 3 is 2.69 bits per heavy atom. The van der Waals surface area contributed by atoms with Crippen molar-refractivity contribution in [2.24, 2.45) is 5.92 Å². The van der Waals surface area contributed by atoms with Gasteiger partial charge in [0.15, 0.2) is 6.61 Å². The van der Waals surface area contributed by atoms with E-state index < -0.39 is 0 Å². The molecule has 1 N–H and O–H groups in total. The van der Waals surface area contributed by atoms with E-state index in [0.29, 0.717) is 12.5 Å². The van der Waals surface area contributed by atoms with Crippen molar-refractivity contribution in [1.82, 2.24) is 5.32 Å². The molecule has 1 aromatic carbocycles. The van der Waals surface area contributed by atoms with E-state index in [1.807, 2.05) is 31.2 Å². The third-order valence-corrected chi connectivity index (χ3v) is 2.16. The monoisotopic (exact) mass is 221 g/mol. The Morgan fingerprint density at radius 1 is 1.38 bits per heavy atom. The topological polar surface area (TPSA) is 38.3 Å². The molecule has 0 radical (unpaired) electrons. The summed E-state index contributed by atoms with van der Waals surface area (Å²) in [5.74, 6) is 1.15. The summed E-state index contributed by atoms with van der Waals surface area (Å²) in [6, 6.07) is 7.67. The molecule has 0 fully saturated rings. The number of hydrogen-bond acceptors (Lipinski definition) is 2. The average molecular weight is 221 g/mol. The molecular weight excluding hydrogens is 202 g/mol. The number of nitrogens with one attached hydrogen (secondary N) is 1. The number of ether oxygens (including phenoxy) is 1. The Labute approximate surface area is 96.8 Å². The van der Waals surface area contributed by atoms with Crippen LogP contribution in [-0.4, -0.2) is 19.1 Å². The van der Waals surface area contributed by atoms with Crippen molar-refractivity contribution in [3.8, 4) is 5.75 Å². The zero-order valence-electron chi connectivity index (χ0n) is 10.1. The standard InChI is InChI=1S/C13H19NO2/c1-10(2)8-14-13(15)9-16-12-7-5-4-6-11(12)3/h4-7,10H,8-9H2,1-3H3,(H,14,15). The molecule has 0 saturated carbocycles. The maximum Gasteiger partial charge on any atom is 0.257 e. The van der Waals surface area contributed by atoms with Gasteiger partial charge in [-0.25, -0.2) is 0 Å². The second-order valence-electron chi connectivity index (χ2n) is 4.25. The quantitative estimate of drug-likeness (QED) is 0.827. The highest BCUT2D eigenvalue weighted by Crippen LogP contribution is 2.15. The molecule has 0 bridgehead atoms. The Hall–Kier alpha value is -1.51. The molecule has 0 aliphatic rings. The maximum atomic E-state index is 11.4. The molecule has 0 saturated heterocycles. The highest BCUT2D eigenvalue weighted by Gasteiger charge is 2.04. The smallest absolute Gasteiger partial charge is 0.257 e. The van der Waals surface area contributed by atoms with Gasteiger partial charge >= 0.3 is 0 Å². The lowest BCUT2D eigenvalue weighted by Gasteiger charge is -2.10. The number of benzene rings is 1. The third kappa shape index (κ3) is 4.34. The van der Waals surface area contributed by atoms with Gasteiger partial charge in [-0.3, -0.25) is 4.79 Å². The van der Waals surface area contributed by atoms with Crippen LogP contribution in [0.3, 0.4) is 0 Å². The van der Waals surface area contributed by atoms with Gasteiger partial charge in [-0.2, -0.15) is 0 Å². The van der Waals surface area contributed by atoms with E-state index in [0.717, 1.165) is 11.3 Å². The maximum absolute atomic E-state index is 11.4. The first-order valence-corrected chi connectivity index (χ1v) is 5.54. The minimum Gasteiger partial charge on any atom is -0.484 e. The second-order valence-corrected chi connectivity index (χ2v) is 4.25. The van der Waals surface area contributed by atoms with Crippen molar-refractivity contribution < 1.29 is 9.53 Å². The van der Waals surface area contributed by atoms with Gasteiger partial charge in [0.25, 0.3) is 5.91 Å². The van der Waals surface area contributed by atoms with Crippen LogP contribution in [0.1, 0.15) is 19.4 Å². The Balaban J connectivity index is 2.35. The molecule has 0 unspecified atom stereocenters. The van der Waals surface area contributed by atoms with Crippen LogP contribution in [0.4, 0.5) is 0 Å². The Morgan fingerprint density at radius 2 is 2.06 bits per heavy atom. The highest BCUT2D eigenvalue weighted by molar-refractivity contribution is 5.77. The molecule has 0 atom stereocenters. The number of amides is 1. The molecular formula is C13H19NO2. The number of carbonyl (C=O) groups is 1. The van der Waals surface area contributed by atoms with Gasteiger partial charge in [0, 0.05) is 6.54 Å². The molecule has 16 heavy (non-hydrogen) atoms. The summed E-state index contributed by atoms with van der Waals surface area (Å²) in [4.78, 5) is 11.4. The van der Waals surface area contributed by atoms with Gasteiger partial charge in [0.05, 0.1) is 0 Å². The SMILES string of the molecule is Cc1ccccc1OCC(=O)NCC(C)C. The molecule has 1 rings (SSSR count). The molecule has 0 aromatic heterocycles. The van der Waals surface area contributed by atoms with E-state index in [2.05, 4.69) is 19.2 Å². The zero-order chi connectivity index (χ0) is 12.0. The fraction of sp³-hybridized carbons (Fsp3) is 0.462. The molecule has 0 heterocycles. The zero-order valence-corrected chi connectivity index (χ0v) is 10.1. The van der Waals surface area contributed by atoms with Crippen molar-refractivity contribution in [2.45, 2.75) is 20.8 Å². The first-order chi connectivity index (χ1) is 7.59. The summed E-state index contributed by atoms with van der Waals surface area (Å²) in [7, 11) is 0. The van der Waals surface area contributed by atoms with Crippen LogP contribution < -0.4 is 10.1 Å². The van der Waals surface area contributed by atoms with E-state index in [-0.39, 0.29) is 12.5 Å². The summed E-state index contributed by atoms with van der Waals surface area (Å²) in [6.07, 6.45) is 0. The predicted molar refractivity (Wildman–Crippen MR) is 64.5 cm³/mol. The minimum atomic E-state index is -0.0723. The second kappa shape index (κ2) is 6.16. The van der Waals surface area contributed by atoms with Gasteiger partial charge in [-0.15, -0.1) is 0 Å². The van der Waals surface area contributed by atoms with Gasteiger partial charge in [0.1, 0.15) is 5.75 Å². The molecule has 3 heteroatoms. The van der Waals surface area contributed by atoms with Crippen LogP contribution in [0.15, 0.2) is 24.3 Å². The molecule has 0 aliphatic heterocycles. The van der Waals surface area contributed by atoms with Crippen LogP contribution >= 0.6 is 0 Å². The fourth-order valence-electron chi connectivity index (χ4n) is 1.23. The largest absolute Gasteiger partial charge is 0.484 e. The van der Waals surface area contributed by atoms with Crippen LogP contribution in [0.2, 0.25) is 0 Å². The van der Waals surface area contributed by atoms with Gasteiger partial charge in [0.2, 0.25) is 0 Å². The molecule has 0 spiro atoms. The van der Waals surface area contributed by atoms with E-state index in [9.17, 15) is 4.79 Å². The normalized spacial score (nSPS) is 10.2. The fourth-order valence-corrected chi connectivity index (χ4v) is 1.23. The third-order valence-electron chi connectivity index (χ3n) is 2.16. The summed E-state index contributed by atoms with van der Waals surface area (Å²) in [5.41, 5.74) is 1.04. The highest BCUT2D eigenvalue weighted by atomic mass is 16.5. The summed E-state index contributed by atoms with van der Waals surface area (Å²) >= 11 is 0. The van der Waals surface area contributed by atoms with Crippen molar-refractivity contribution in [3.05, 3.63) is 29.8 Å². The van der Waals surface area contributed by atoms with Crippen LogP contribution in [0, 0.1) is 12.8 Å². The van der Waals surface area contributed by atoms with Gasteiger partial charge in [-0.05, 0) is 24.5 Å². The molecule has 0 aliphatic carbocycles. The first kappa shape index (κ1) is 12.6. The summed E-state index contributed by atoms with van der Waals surface area (Å²) < 4.78 is 5.42. The van der Waals surface area contributed by atoms with Crippen LogP contribution in [0.5, 0.6) is 5.75 Å². The van der Waals surface area contributed by atoms with E-state index >= 15 is 0 Å². The summed E-state index contributed by atoms with van der Waals surface area (Å²) in [6.45, 7) is 6.85. The molecule has 1 aromatic rings.